The van der Waals surface area contributed by atoms with Crippen molar-refractivity contribution in [2.75, 3.05) is 43.5 Å². The van der Waals surface area contributed by atoms with E-state index < -0.39 is 9.84 Å². The SMILES string of the molecule is CCN1CCC(CNc2snc(N)c2S(C)(=O)=O)C1. The number of nitrogen functional groups attached to an aromatic ring is 1. The highest BCUT2D eigenvalue weighted by Crippen LogP contribution is 2.31. The van der Waals surface area contributed by atoms with Crippen LogP contribution in [-0.2, 0) is 9.84 Å². The van der Waals surface area contributed by atoms with E-state index in [2.05, 4.69) is 21.5 Å². The quantitative estimate of drug-likeness (QED) is 0.839. The molecule has 1 unspecified atom stereocenters. The summed E-state index contributed by atoms with van der Waals surface area (Å²) in [4.78, 5) is 2.54. The van der Waals surface area contributed by atoms with Crippen LogP contribution in [0.5, 0.6) is 0 Å². The van der Waals surface area contributed by atoms with E-state index in [-0.39, 0.29) is 10.7 Å². The van der Waals surface area contributed by atoms with E-state index in [1.54, 1.807) is 0 Å². The molecule has 0 spiro atoms. The summed E-state index contributed by atoms with van der Waals surface area (Å²) in [5.74, 6) is 0.646. The molecule has 0 saturated carbocycles. The van der Waals surface area contributed by atoms with Gasteiger partial charge < -0.3 is 16.0 Å². The average Bonchev–Trinajstić information content (AvgIpc) is 2.91. The molecule has 0 radical (unpaired) electrons. The van der Waals surface area contributed by atoms with Gasteiger partial charge in [0.1, 0.15) is 9.90 Å². The minimum absolute atomic E-state index is 0.0941. The molecule has 0 aromatic carbocycles. The number of rotatable bonds is 5. The molecule has 6 nitrogen and oxygen atoms in total. The van der Waals surface area contributed by atoms with E-state index in [9.17, 15) is 8.42 Å². The first kappa shape index (κ1) is 14.5. The highest BCUT2D eigenvalue weighted by molar-refractivity contribution is 7.91. The number of aromatic nitrogens is 1. The summed E-state index contributed by atoms with van der Waals surface area (Å²) in [5, 5.41) is 3.76. The highest BCUT2D eigenvalue weighted by atomic mass is 32.2. The third-order valence-electron chi connectivity index (χ3n) is 3.41. The van der Waals surface area contributed by atoms with E-state index in [0.29, 0.717) is 10.9 Å². The van der Waals surface area contributed by atoms with Gasteiger partial charge in [-0.25, -0.2) is 8.42 Å². The summed E-state index contributed by atoms with van der Waals surface area (Å²) >= 11 is 1.11. The number of hydrogen-bond donors (Lipinski definition) is 2. The Labute approximate surface area is 118 Å². The van der Waals surface area contributed by atoms with E-state index >= 15 is 0 Å². The molecule has 0 amide bonds. The molecule has 1 fully saturated rings. The smallest absolute Gasteiger partial charge is 0.182 e. The molecule has 1 aliphatic rings. The summed E-state index contributed by atoms with van der Waals surface area (Å²) < 4.78 is 27.3. The molecule has 19 heavy (non-hydrogen) atoms. The maximum Gasteiger partial charge on any atom is 0.182 e. The fraction of sp³-hybridized carbons (Fsp3) is 0.727. The Morgan fingerprint density at radius 2 is 2.32 bits per heavy atom. The van der Waals surface area contributed by atoms with Gasteiger partial charge in [0, 0.05) is 19.3 Å². The second-order valence-corrected chi connectivity index (χ2v) is 7.65. The lowest BCUT2D eigenvalue weighted by atomic mass is 10.1. The van der Waals surface area contributed by atoms with E-state index in [4.69, 9.17) is 5.73 Å². The van der Waals surface area contributed by atoms with Crippen molar-refractivity contribution < 1.29 is 8.42 Å². The molecule has 108 valence electrons. The molecule has 1 saturated heterocycles. The Kier molecular flexibility index (Phi) is 4.32. The Morgan fingerprint density at radius 3 is 2.89 bits per heavy atom. The highest BCUT2D eigenvalue weighted by Gasteiger charge is 2.24. The van der Waals surface area contributed by atoms with E-state index in [1.165, 1.54) is 0 Å². The van der Waals surface area contributed by atoms with Crippen LogP contribution in [0.25, 0.3) is 0 Å². The second kappa shape index (κ2) is 5.64. The first-order valence-electron chi connectivity index (χ1n) is 6.33. The number of nitrogens with two attached hydrogens (primary N) is 1. The van der Waals surface area contributed by atoms with Gasteiger partial charge in [-0.2, -0.15) is 4.37 Å². The van der Waals surface area contributed by atoms with Gasteiger partial charge in [-0.1, -0.05) is 6.92 Å². The molecule has 3 N–H and O–H groups in total. The molecule has 2 rings (SSSR count). The Hall–Kier alpha value is -0.860. The topological polar surface area (TPSA) is 88.3 Å². The lowest BCUT2D eigenvalue weighted by Crippen LogP contribution is -2.22. The van der Waals surface area contributed by atoms with Crippen molar-refractivity contribution in [3.8, 4) is 0 Å². The summed E-state index contributed by atoms with van der Waals surface area (Å²) in [6.45, 7) is 6.17. The van der Waals surface area contributed by atoms with Crippen molar-refractivity contribution in [1.29, 1.82) is 0 Å². The van der Waals surface area contributed by atoms with Gasteiger partial charge in [0.15, 0.2) is 15.7 Å². The number of sulfone groups is 1. The molecule has 0 aliphatic carbocycles. The van der Waals surface area contributed by atoms with Gasteiger partial charge >= 0.3 is 0 Å². The molecule has 8 heteroatoms. The zero-order valence-electron chi connectivity index (χ0n) is 11.2. The maximum absolute atomic E-state index is 11.7. The van der Waals surface area contributed by atoms with E-state index in [0.717, 1.165) is 50.4 Å². The lowest BCUT2D eigenvalue weighted by molar-refractivity contribution is 0.345. The summed E-state index contributed by atoms with van der Waals surface area (Å²) in [6.07, 6.45) is 2.30. The van der Waals surface area contributed by atoms with Crippen molar-refractivity contribution in [3.63, 3.8) is 0 Å². The standard InChI is InChI=1S/C11H20N4O2S2/c1-3-15-5-4-8(7-15)6-13-11-9(19(2,16)17)10(12)14-18-11/h8,13H,3-7H2,1-2H3,(H2,12,14). The number of nitrogens with one attached hydrogen (secondary N) is 1. The van der Waals surface area contributed by atoms with Gasteiger partial charge in [0.2, 0.25) is 0 Å². The molecular weight excluding hydrogens is 284 g/mol. The zero-order chi connectivity index (χ0) is 14.0. The van der Waals surface area contributed by atoms with Crippen molar-refractivity contribution in [3.05, 3.63) is 0 Å². The van der Waals surface area contributed by atoms with Gasteiger partial charge in [0.05, 0.1) is 0 Å². The third kappa shape index (κ3) is 3.37. The summed E-state index contributed by atoms with van der Waals surface area (Å²) in [6, 6.07) is 0. The normalized spacial score (nSPS) is 20.8. The Balaban J connectivity index is 2.01. The molecule has 1 atom stereocenters. The van der Waals surface area contributed by atoms with Crippen LogP contribution in [0.3, 0.4) is 0 Å². The number of hydrogen-bond acceptors (Lipinski definition) is 7. The minimum atomic E-state index is -3.33. The number of likely N-dealkylation sites (tertiary alicyclic amines) is 1. The molecule has 1 aliphatic heterocycles. The first-order valence-corrected chi connectivity index (χ1v) is 8.99. The fourth-order valence-electron chi connectivity index (χ4n) is 2.37. The monoisotopic (exact) mass is 304 g/mol. The largest absolute Gasteiger partial charge is 0.382 e. The van der Waals surface area contributed by atoms with Crippen molar-refractivity contribution in [2.45, 2.75) is 18.2 Å². The fourth-order valence-corrected chi connectivity index (χ4v) is 4.44. The van der Waals surface area contributed by atoms with Crippen LogP contribution in [0.4, 0.5) is 10.8 Å². The van der Waals surface area contributed by atoms with Gasteiger partial charge in [-0.15, -0.1) is 0 Å². The lowest BCUT2D eigenvalue weighted by Gasteiger charge is -2.14. The molecule has 1 aromatic rings. The van der Waals surface area contributed by atoms with Crippen molar-refractivity contribution in [1.82, 2.24) is 9.27 Å². The number of anilines is 2. The Bertz CT molecular complexity index is 541. The van der Waals surface area contributed by atoms with Crippen LogP contribution >= 0.6 is 11.5 Å². The van der Waals surface area contributed by atoms with Crippen LogP contribution in [-0.4, -0.2) is 50.1 Å². The second-order valence-electron chi connectivity index (χ2n) is 4.93. The Morgan fingerprint density at radius 1 is 1.58 bits per heavy atom. The average molecular weight is 304 g/mol. The predicted octanol–water partition coefficient (Wildman–Crippen LogP) is 0.883. The van der Waals surface area contributed by atoms with Gasteiger partial charge in [-0.3, -0.25) is 0 Å². The van der Waals surface area contributed by atoms with Crippen LogP contribution in [0.2, 0.25) is 0 Å². The molecule has 2 heterocycles. The first-order chi connectivity index (χ1) is 8.91. The van der Waals surface area contributed by atoms with Crippen LogP contribution in [0, 0.1) is 5.92 Å². The zero-order valence-corrected chi connectivity index (χ0v) is 12.9. The van der Waals surface area contributed by atoms with Gasteiger partial charge in [-0.05, 0) is 37.0 Å². The van der Waals surface area contributed by atoms with Crippen LogP contribution in [0.15, 0.2) is 4.90 Å². The molecular formula is C11H20N4O2S2. The van der Waals surface area contributed by atoms with Crippen LogP contribution < -0.4 is 11.1 Å². The summed E-state index contributed by atoms with van der Waals surface area (Å²) in [5.41, 5.74) is 5.63. The number of nitrogens with zero attached hydrogens (tertiary/aromatic N) is 2. The van der Waals surface area contributed by atoms with E-state index in [1.807, 2.05) is 0 Å². The maximum atomic E-state index is 11.7. The predicted molar refractivity (Wildman–Crippen MR) is 78.3 cm³/mol. The van der Waals surface area contributed by atoms with Crippen molar-refractivity contribution in [2.24, 2.45) is 5.92 Å². The summed E-state index contributed by atoms with van der Waals surface area (Å²) in [7, 11) is -3.33. The molecule has 0 bridgehead atoms. The van der Waals surface area contributed by atoms with Gasteiger partial charge in [0.25, 0.3) is 0 Å². The minimum Gasteiger partial charge on any atom is -0.382 e. The third-order valence-corrected chi connectivity index (χ3v) is 5.52. The van der Waals surface area contributed by atoms with Crippen molar-refractivity contribution >= 4 is 32.2 Å². The molecule has 1 aromatic heterocycles. The van der Waals surface area contributed by atoms with Crippen LogP contribution in [0.1, 0.15) is 13.3 Å².